The number of thioether (sulfide) groups is 1. The van der Waals surface area contributed by atoms with Gasteiger partial charge < -0.3 is 14.5 Å². The van der Waals surface area contributed by atoms with E-state index in [0.717, 1.165) is 40.8 Å². The van der Waals surface area contributed by atoms with Crippen LogP contribution >= 0.6 is 11.8 Å². The van der Waals surface area contributed by atoms with Crippen LogP contribution in [0.5, 0.6) is 5.75 Å². The molecule has 1 heterocycles. The molecule has 28 heavy (non-hydrogen) atoms. The molecule has 0 saturated heterocycles. The van der Waals surface area contributed by atoms with Crippen LogP contribution in [0, 0.1) is 25.5 Å². The van der Waals surface area contributed by atoms with Gasteiger partial charge in [0.05, 0.1) is 11.4 Å². The Hall–Kier alpha value is -2.94. The highest BCUT2D eigenvalue weighted by atomic mass is 32.2. The number of aromatic nitrogens is 2. The average Bonchev–Trinajstić information content (AvgIpc) is 3.11. The van der Waals surface area contributed by atoms with Crippen molar-refractivity contribution in [1.29, 1.82) is 0 Å². The van der Waals surface area contributed by atoms with Crippen molar-refractivity contribution in [1.82, 2.24) is 10.2 Å². The predicted molar refractivity (Wildman–Crippen MR) is 100 cm³/mol. The molecule has 6 nitrogen and oxygen atoms in total. The molecule has 1 aromatic heterocycles. The maximum atomic E-state index is 13.5. The molecule has 0 spiro atoms. The van der Waals surface area contributed by atoms with E-state index in [4.69, 9.17) is 9.15 Å². The van der Waals surface area contributed by atoms with Crippen LogP contribution in [0.2, 0.25) is 0 Å². The van der Waals surface area contributed by atoms with Crippen molar-refractivity contribution in [2.24, 2.45) is 0 Å². The lowest BCUT2D eigenvalue weighted by molar-refractivity contribution is -0.113. The van der Waals surface area contributed by atoms with Gasteiger partial charge in [-0.2, -0.15) is 0 Å². The molecule has 9 heteroatoms. The zero-order valence-corrected chi connectivity index (χ0v) is 16.0. The lowest BCUT2D eigenvalue weighted by Gasteiger charge is -2.07. The number of ether oxygens (including phenoxy) is 1. The van der Waals surface area contributed by atoms with Crippen LogP contribution in [-0.4, -0.2) is 21.9 Å². The van der Waals surface area contributed by atoms with Crippen LogP contribution in [-0.2, 0) is 11.4 Å². The first kappa shape index (κ1) is 19.8. The summed E-state index contributed by atoms with van der Waals surface area (Å²) in [6, 6.07) is 8.78. The maximum Gasteiger partial charge on any atom is 0.277 e. The van der Waals surface area contributed by atoms with E-state index in [1.54, 1.807) is 0 Å². The van der Waals surface area contributed by atoms with Crippen LogP contribution in [0.15, 0.2) is 46.0 Å². The molecule has 0 aliphatic heterocycles. The largest absolute Gasteiger partial charge is 0.484 e. The van der Waals surface area contributed by atoms with Crippen LogP contribution in [0.4, 0.5) is 14.5 Å². The number of halogens is 2. The molecule has 0 aliphatic carbocycles. The number of amides is 1. The Bertz CT molecular complexity index is 994. The van der Waals surface area contributed by atoms with Gasteiger partial charge in [-0.15, -0.1) is 10.2 Å². The molecule has 3 aromatic rings. The topological polar surface area (TPSA) is 77.2 Å². The number of anilines is 1. The second kappa shape index (κ2) is 8.83. The van der Waals surface area contributed by atoms with Gasteiger partial charge in [0.15, 0.2) is 6.61 Å². The van der Waals surface area contributed by atoms with Crippen molar-refractivity contribution in [2.45, 2.75) is 25.7 Å². The van der Waals surface area contributed by atoms with Crippen molar-refractivity contribution in [3.63, 3.8) is 0 Å². The van der Waals surface area contributed by atoms with Gasteiger partial charge in [-0.1, -0.05) is 23.9 Å². The van der Waals surface area contributed by atoms with Gasteiger partial charge in [0.25, 0.3) is 11.1 Å². The van der Waals surface area contributed by atoms with E-state index in [1.807, 2.05) is 32.0 Å². The van der Waals surface area contributed by atoms with E-state index in [0.29, 0.717) is 6.07 Å². The smallest absolute Gasteiger partial charge is 0.277 e. The molecule has 1 N–H and O–H groups in total. The number of hydrogen-bond acceptors (Lipinski definition) is 6. The van der Waals surface area contributed by atoms with E-state index in [2.05, 4.69) is 15.5 Å². The van der Waals surface area contributed by atoms with Crippen molar-refractivity contribution < 1.29 is 22.7 Å². The first-order chi connectivity index (χ1) is 13.4. The number of aryl methyl sites for hydroxylation is 2. The van der Waals surface area contributed by atoms with Crippen molar-refractivity contribution >= 4 is 23.4 Å². The molecule has 0 radical (unpaired) electrons. The Morgan fingerprint density at radius 1 is 1.18 bits per heavy atom. The fourth-order valence-electron chi connectivity index (χ4n) is 2.26. The first-order valence-electron chi connectivity index (χ1n) is 8.31. The SMILES string of the molecule is Cc1ccc(C)c(OCc2nnc(SCC(=O)Nc3ccc(F)cc3F)o2)c1. The summed E-state index contributed by atoms with van der Waals surface area (Å²) in [4.78, 5) is 11.9. The molecule has 0 saturated carbocycles. The minimum atomic E-state index is -0.845. The predicted octanol–water partition coefficient (Wildman–Crippen LogP) is 4.27. The summed E-state index contributed by atoms with van der Waals surface area (Å²) >= 11 is 1.00. The second-order valence-electron chi connectivity index (χ2n) is 5.98. The van der Waals surface area contributed by atoms with E-state index < -0.39 is 17.5 Å². The molecule has 3 rings (SSSR count). The quantitative estimate of drug-likeness (QED) is 0.592. The van der Waals surface area contributed by atoms with Gasteiger partial charge in [-0.3, -0.25) is 4.79 Å². The zero-order chi connectivity index (χ0) is 20.1. The number of benzene rings is 2. The van der Waals surface area contributed by atoms with Gasteiger partial charge in [0.2, 0.25) is 5.91 Å². The minimum absolute atomic E-state index is 0.0731. The Kier molecular flexibility index (Phi) is 6.25. The fourth-order valence-corrected chi connectivity index (χ4v) is 2.84. The second-order valence-corrected chi connectivity index (χ2v) is 6.91. The van der Waals surface area contributed by atoms with Gasteiger partial charge in [-0.05, 0) is 43.2 Å². The molecule has 0 fully saturated rings. The van der Waals surface area contributed by atoms with Crippen molar-refractivity contribution in [3.8, 4) is 5.75 Å². The van der Waals surface area contributed by atoms with E-state index in [9.17, 15) is 13.6 Å². The zero-order valence-electron chi connectivity index (χ0n) is 15.2. The van der Waals surface area contributed by atoms with Crippen LogP contribution < -0.4 is 10.1 Å². The van der Waals surface area contributed by atoms with Crippen molar-refractivity contribution in [2.75, 3.05) is 11.1 Å². The summed E-state index contributed by atoms with van der Waals surface area (Å²) in [7, 11) is 0. The summed E-state index contributed by atoms with van der Waals surface area (Å²) in [5, 5.41) is 10.3. The third-order valence-electron chi connectivity index (χ3n) is 3.68. The number of hydrogen-bond donors (Lipinski definition) is 1. The molecule has 1 amide bonds. The minimum Gasteiger partial charge on any atom is -0.484 e. The highest BCUT2D eigenvalue weighted by molar-refractivity contribution is 7.99. The van der Waals surface area contributed by atoms with Crippen molar-refractivity contribution in [3.05, 3.63) is 65.1 Å². The summed E-state index contributed by atoms with van der Waals surface area (Å²) < 4.78 is 37.5. The monoisotopic (exact) mass is 405 g/mol. The molecule has 0 atom stereocenters. The lowest BCUT2D eigenvalue weighted by Crippen LogP contribution is -2.15. The Morgan fingerprint density at radius 3 is 2.79 bits per heavy atom. The molecular formula is C19H17F2N3O3S. The molecule has 0 bridgehead atoms. The highest BCUT2D eigenvalue weighted by Crippen LogP contribution is 2.22. The average molecular weight is 405 g/mol. The highest BCUT2D eigenvalue weighted by Gasteiger charge is 2.13. The van der Waals surface area contributed by atoms with E-state index in [1.165, 1.54) is 0 Å². The molecule has 2 aromatic carbocycles. The summed E-state index contributed by atoms with van der Waals surface area (Å²) in [6.45, 7) is 4.01. The lowest BCUT2D eigenvalue weighted by atomic mass is 10.1. The summed E-state index contributed by atoms with van der Waals surface area (Å²) in [5.41, 5.74) is 1.97. The van der Waals surface area contributed by atoms with Crippen LogP contribution in [0.1, 0.15) is 17.0 Å². The third-order valence-corrected chi connectivity index (χ3v) is 4.49. The molecule has 0 unspecified atom stereocenters. The Morgan fingerprint density at radius 2 is 2.00 bits per heavy atom. The number of carbonyl (C=O) groups is 1. The number of nitrogens with one attached hydrogen (secondary N) is 1. The van der Waals surface area contributed by atoms with Gasteiger partial charge in [0, 0.05) is 6.07 Å². The Balaban J connectivity index is 1.50. The fraction of sp³-hybridized carbons (Fsp3) is 0.211. The molecular weight excluding hydrogens is 388 g/mol. The van der Waals surface area contributed by atoms with Gasteiger partial charge >= 0.3 is 0 Å². The first-order valence-corrected chi connectivity index (χ1v) is 9.29. The number of nitrogens with zero attached hydrogens (tertiary/aromatic N) is 2. The summed E-state index contributed by atoms with van der Waals surface area (Å²) in [6.07, 6.45) is 0. The Labute approximate surface area is 164 Å². The maximum absolute atomic E-state index is 13.5. The normalized spacial score (nSPS) is 10.7. The van der Waals surface area contributed by atoms with Gasteiger partial charge in [-0.25, -0.2) is 8.78 Å². The van der Waals surface area contributed by atoms with E-state index >= 15 is 0 Å². The van der Waals surface area contributed by atoms with Crippen LogP contribution in [0.3, 0.4) is 0 Å². The van der Waals surface area contributed by atoms with Gasteiger partial charge in [0.1, 0.15) is 17.4 Å². The number of rotatable bonds is 7. The van der Waals surface area contributed by atoms with Crippen LogP contribution in [0.25, 0.3) is 0 Å². The molecule has 146 valence electrons. The van der Waals surface area contributed by atoms with E-state index in [-0.39, 0.29) is 29.2 Å². The number of carbonyl (C=O) groups excluding carboxylic acids is 1. The summed E-state index contributed by atoms with van der Waals surface area (Å²) in [5.74, 6) is -1.12. The molecule has 0 aliphatic rings. The third kappa shape index (κ3) is 5.29. The standard InChI is InChI=1S/C19H17F2N3O3S/c1-11-3-4-12(2)16(7-11)26-9-18-23-24-19(27-18)28-10-17(25)22-15-6-5-13(20)8-14(15)21/h3-8H,9-10H2,1-2H3,(H,22,25).